The van der Waals surface area contributed by atoms with Crippen molar-refractivity contribution in [2.45, 2.75) is 12.8 Å². The molecule has 0 spiro atoms. The largest absolute Gasteiger partial charge is 0.480 e. The molecular weight excluding hydrogens is 346 g/mol. The number of nitrogens with zero attached hydrogens (tertiary/aromatic N) is 2. The number of rotatable bonds is 7. The lowest BCUT2D eigenvalue weighted by Gasteiger charge is -2.22. The van der Waals surface area contributed by atoms with Gasteiger partial charge in [-0.3, -0.25) is 14.4 Å². The molecular formula is C20H21N3O4. The average molecular weight is 367 g/mol. The molecule has 27 heavy (non-hydrogen) atoms. The summed E-state index contributed by atoms with van der Waals surface area (Å²) in [6, 6.07) is 16.0. The first-order valence-corrected chi connectivity index (χ1v) is 8.75. The Hall–Kier alpha value is -3.35. The molecule has 7 heteroatoms. The molecule has 0 saturated carbocycles. The summed E-state index contributed by atoms with van der Waals surface area (Å²) in [6.45, 7) is 0.305. The molecule has 2 amide bonds. The predicted molar refractivity (Wildman–Crippen MR) is 103 cm³/mol. The number of carboxylic acids is 1. The third-order valence-corrected chi connectivity index (χ3v) is 4.30. The molecule has 2 aromatic rings. The van der Waals surface area contributed by atoms with E-state index in [0.29, 0.717) is 24.3 Å². The number of hydrogen-bond acceptors (Lipinski definition) is 4. The van der Waals surface area contributed by atoms with Crippen LogP contribution in [0.25, 0.3) is 0 Å². The number of anilines is 3. The van der Waals surface area contributed by atoms with Gasteiger partial charge in [-0.05, 0) is 36.8 Å². The summed E-state index contributed by atoms with van der Waals surface area (Å²) >= 11 is 0. The van der Waals surface area contributed by atoms with E-state index in [1.54, 1.807) is 47.4 Å². The van der Waals surface area contributed by atoms with Gasteiger partial charge in [-0.15, -0.1) is 0 Å². The molecule has 1 fully saturated rings. The van der Waals surface area contributed by atoms with E-state index in [9.17, 15) is 14.4 Å². The fourth-order valence-corrected chi connectivity index (χ4v) is 3.09. The van der Waals surface area contributed by atoms with Crippen molar-refractivity contribution < 1.29 is 19.5 Å². The van der Waals surface area contributed by atoms with Gasteiger partial charge in [-0.1, -0.05) is 24.3 Å². The van der Waals surface area contributed by atoms with Gasteiger partial charge in [0.1, 0.15) is 6.54 Å². The van der Waals surface area contributed by atoms with Crippen LogP contribution in [-0.4, -0.2) is 42.5 Å². The monoisotopic (exact) mass is 367 g/mol. The van der Waals surface area contributed by atoms with E-state index in [1.807, 2.05) is 12.1 Å². The van der Waals surface area contributed by atoms with Crippen LogP contribution >= 0.6 is 0 Å². The molecule has 0 atom stereocenters. The Balaban J connectivity index is 1.69. The summed E-state index contributed by atoms with van der Waals surface area (Å²) in [7, 11) is 0. The second kappa shape index (κ2) is 8.35. The summed E-state index contributed by atoms with van der Waals surface area (Å²) in [6.07, 6.45) is 1.37. The predicted octanol–water partition coefficient (Wildman–Crippen LogP) is 2.34. The highest BCUT2D eigenvalue weighted by Crippen LogP contribution is 2.24. The maximum Gasteiger partial charge on any atom is 0.323 e. The Morgan fingerprint density at radius 1 is 1.07 bits per heavy atom. The number of para-hydroxylation sites is 1. The van der Waals surface area contributed by atoms with Crippen molar-refractivity contribution in [3.05, 3.63) is 54.6 Å². The molecule has 1 heterocycles. The summed E-state index contributed by atoms with van der Waals surface area (Å²) in [5, 5.41) is 11.9. The number of nitrogens with one attached hydrogen (secondary N) is 1. The van der Waals surface area contributed by atoms with Gasteiger partial charge in [0.15, 0.2) is 0 Å². The molecule has 3 rings (SSSR count). The summed E-state index contributed by atoms with van der Waals surface area (Å²) < 4.78 is 0. The topological polar surface area (TPSA) is 89.9 Å². The third kappa shape index (κ3) is 4.84. The molecule has 7 nitrogen and oxygen atoms in total. The molecule has 2 aromatic carbocycles. The zero-order valence-electron chi connectivity index (χ0n) is 14.8. The molecule has 1 saturated heterocycles. The van der Waals surface area contributed by atoms with Gasteiger partial charge in [0.25, 0.3) is 0 Å². The van der Waals surface area contributed by atoms with Crippen LogP contribution in [0.4, 0.5) is 17.1 Å². The fourth-order valence-electron chi connectivity index (χ4n) is 3.09. The Bertz CT molecular complexity index is 838. The minimum atomic E-state index is -1.01. The van der Waals surface area contributed by atoms with Crippen molar-refractivity contribution in [1.29, 1.82) is 0 Å². The van der Waals surface area contributed by atoms with E-state index in [-0.39, 0.29) is 24.9 Å². The van der Waals surface area contributed by atoms with Gasteiger partial charge in [0, 0.05) is 30.0 Å². The van der Waals surface area contributed by atoms with Crippen molar-refractivity contribution in [3.63, 3.8) is 0 Å². The van der Waals surface area contributed by atoms with Gasteiger partial charge >= 0.3 is 5.97 Å². The second-order valence-electron chi connectivity index (χ2n) is 6.33. The molecule has 1 aliphatic rings. The summed E-state index contributed by atoms with van der Waals surface area (Å²) in [4.78, 5) is 38.7. The van der Waals surface area contributed by atoms with Crippen LogP contribution < -0.4 is 15.1 Å². The van der Waals surface area contributed by atoms with Gasteiger partial charge in [0.2, 0.25) is 11.8 Å². The molecule has 2 N–H and O–H groups in total. The maximum absolute atomic E-state index is 12.4. The zero-order valence-corrected chi connectivity index (χ0v) is 14.8. The maximum atomic E-state index is 12.4. The Morgan fingerprint density at radius 2 is 1.85 bits per heavy atom. The van der Waals surface area contributed by atoms with E-state index in [2.05, 4.69) is 5.32 Å². The normalized spacial score (nSPS) is 13.5. The highest BCUT2D eigenvalue weighted by Gasteiger charge is 2.22. The quantitative estimate of drug-likeness (QED) is 0.784. The lowest BCUT2D eigenvalue weighted by atomic mass is 10.2. The van der Waals surface area contributed by atoms with Gasteiger partial charge in [0.05, 0.1) is 6.54 Å². The number of carboxylic acid groups (broad SMARTS) is 1. The number of amides is 2. The number of hydrogen-bond donors (Lipinski definition) is 2. The van der Waals surface area contributed by atoms with Crippen LogP contribution in [0.3, 0.4) is 0 Å². The second-order valence-corrected chi connectivity index (χ2v) is 6.33. The lowest BCUT2D eigenvalue weighted by molar-refractivity contribution is -0.135. The van der Waals surface area contributed by atoms with E-state index < -0.39 is 5.97 Å². The Kier molecular flexibility index (Phi) is 5.71. The van der Waals surface area contributed by atoms with Crippen LogP contribution in [0.2, 0.25) is 0 Å². The number of carbonyl (C=O) groups is 3. The molecule has 0 bridgehead atoms. The summed E-state index contributed by atoms with van der Waals surface area (Å²) in [5.41, 5.74) is 1.98. The van der Waals surface area contributed by atoms with Crippen LogP contribution in [0.5, 0.6) is 0 Å². The van der Waals surface area contributed by atoms with Crippen LogP contribution in [0, 0.1) is 0 Å². The molecule has 1 aliphatic heterocycles. The molecule has 0 aromatic heterocycles. The summed E-state index contributed by atoms with van der Waals surface area (Å²) in [5.74, 6) is -1.26. The van der Waals surface area contributed by atoms with Gasteiger partial charge in [-0.2, -0.15) is 0 Å². The molecule has 140 valence electrons. The SMILES string of the molecule is O=C(O)CN(CC(=O)Nc1cccc(N2CCCC2=O)c1)c1ccccc1. The Labute approximate surface area is 157 Å². The first kappa shape index (κ1) is 18.4. The van der Waals surface area contributed by atoms with Crippen LogP contribution in [0.15, 0.2) is 54.6 Å². The smallest absolute Gasteiger partial charge is 0.323 e. The number of carbonyl (C=O) groups excluding carboxylic acids is 2. The van der Waals surface area contributed by atoms with Crippen molar-refractivity contribution in [1.82, 2.24) is 0 Å². The minimum Gasteiger partial charge on any atom is -0.480 e. The van der Waals surface area contributed by atoms with E-state index in [4.69, 9.17) is 5.11 Å². The van der Waals surface area contributed by atoms with Crippen molar-refractivity contribution in [2.24, 2.45) is 0 Å². The first-order chi connectivity index (χ1) is 13.0. The van der Waals surface area contributed by atoms with Crippen molar-refractivity contribution in [2.75, 3.05) is 34.8 Å². The number of aliphatic carboxylic acids is 1. The Morgan fingerprint density at radius 3 is 2.52 bits per heavy atom. The fraction of sp³-hybridized carbons (Fsp3) is 0.250. The third-order valence-electron chi connectivity index (χ3n) is 4.30. The van der Waals surface area contributed by atoms with E-state index in [0.717, 1.165) is 12.1 Å². The van der Waals surface area contributed by atoms with Gasteiger partial charge < -0.3 is 20.2 Å². The van der Waals surface area contributed by atoms with E-state index in [1.165, 1.54) is 4.90 Å². The lowest BCUT2D eigenvalue weighted by Crippen LogP contribution is -2.37. The standard InChI is InChI=1S/C20H21N3O4/c24-18(13-22(14-20(26)27)16-7-2-1-3-8-16)21-15-6-4-9-17(12-15)23-11-5-10-19(23)25/h1-4,6-9,12H,5,10-11,13-14H2,(H,21,24)(H,26,27). The van der Waals surface area contributed by atoms with Crippen molar-refractivity contribution in [3.8, 4) is 0 Å². The average Bonchev–Trinajstić information content (AvgIpc) is 3.08. The van der Waals surface area contributed by atoms with Crippen LogP contribution in [-0.2, 0) is 14.4 Å². The molecule has 0 radical (unpaired) electrons. The molecule has 0 aliphatic carbocycles. The first-order valence-electron chi connectivity index (χ1n) is 8.75. The van der Waals surface area contributed by atoms with Gasteiger partial charge in [-0.25, -0.2) is 0 Å². The highest BCUT2D eigenvalue weighted by atomic mass is 16.4. The molecule has 0 unspecified atom stereocenters. The van der Waals surface area contributed by atoms with E-state index >= 15 is 0 Å². The zero-order chi connectivity index (χ0) is 19.2. The number of benzene rings is 2. The van der Waals surface area contributed by atoms with Crippen molar-refractivity contribution >= 4 is 34.8 Å². The minimum absolute atomic E-state index is 0.0789. The highest BCUT2D eigenvalue weighted by molar-refractivity contribution is 5.98. The van der Waals surface area contributed by atoms with Crippen LogP contribution in [0.1, 0.15) is 12.8 Å².